The molecule has 0 saturated carbocycles. The maximum Gasteiger partial charge on any atom is 0.241 e. The van der Waals surface area contributed by atoms with Gasteiger partial charge >= 0.3 is 0 Å². The van der Waals surface area contributed by atoms with Crippen LogP contribution in [0.3, 0.4) is 0 Å². The van der Waals surface area contributed by atoms with Gasteiger partial charge in [-0.2, -0.15) is 0 Å². The number of imidazole rings is 1. The van der Waals surface area contributed by atoms with Gasteiger partial charge in [0.2, 0.25) is 5.91 Å². The monoisotopic (exact) mass is 568 g/mol. The van der Waals surface area contributed by atoms with Gasteiger partial charge in [0.05, 0.1) is 18.1 Å². The van der Waals surface area contributed by atoms with E-state index in [1.807, 2.05) is 49.1 Å². The molecule has 1 aliphatic carbocycles. The van der Waals surface area contributed by atoms with Crippen molar-refractivity contribution in [3.63, 3.8) is 0 Å². The summed E-state index contributed by atoms with van der Waals surface area (Å²) in [7, 11) is 2.12. The fourth-order valence-electron chi connectivity index (χ4n) is 6.33. The Morgan fingerprint density at radius 3 is 2.71 bits per heavy atom. The molecule has 6 rings (SSSR count). The van der Waals surface area contributed by atoms with E-state index in [-0.39, 0.29) is 18.0 Å². The molecular formula is C33H37ClN6O. The highest BCUT2D eigenvalue weighted by molar-refractivity contribution is 6.30. The molecule has 0 radical (unpaired) electrons. The molecule has 2 aromatic carbocycles. The molecule has 8 heteroatoms. The van der Waals surface area contributed by atoms with Crippen LogP contribution in [0.5, 0.6) is 0 Å². The third-order valence-electron chi connectivity index (χ3n) is 8.42. The zero-order chi connectivity index (χ0) is 28.2. The Balaban J connectivity index is 1.35. The van der Waals surface area contributed by atoms with Crippen molar-refractivity contribution >= 4 is 17.5 Å². The van der Waals surface area contributed by atoms with Gasteiger partial charge in [-0.1, -0.05) is 54.1 Å². The SMILES string of the molecule is CN1CCN(C2c3ccc(Cl)cc3CCc3cccnc32)[C@@H](C(=O)N(CCCn2ccnc2)Cc2ccccc2)C1. The Morgan fingerprint density at radius 2 is 1.88 bits per heavy atom. The number of rotatable bonds is 8. The molecule has 4 aromatic rings. The van der Waals surface area contributed by atoms with Crippen LogP contribution in [0, 0.1) is 0 Å². The van der Waals surface area contributed by atoms with Crippen molar-refractivity contribution in [1.29, 1.82) is 0 Å². The van der Waals surface area contributed by atoms with Crippen molar-refractivity contribution in [2.24, 2.45) is 0 Å². The summed E-state index contributed by atoms with van der Waals surface area (Å²) in [5.74, 6) is 0.170. The first-order valence-corrected chi connectivity index (χ1v) is 14.9. The zero-order valence-electron chi connectivity index (χ0n) is 23.6. The largest absolute Gasteiger partial charge is 0.337 e. The third-order valence-corrected chi connectivity index (χ3v) is 8.66. The van der Waals surface area contributed by atoms with Crippen molar-refractivity contribution in [2.45, 2.75) is 44.4 Å². The molecule has 2 aromatic heterocycles. The number of pyridine rings is 1. The van der Waals surface area contributed by atoms with Crippen LogP contribution in [0.4, 0.5) is 0 Å². The van der Waals surface area contributed by atoms with Crippen LogP contribution in [0.25, 0.3) is 0 Å². The molecule has 1 saturated heterocycles. The molecule has 0 bridgehead atoms. The smallest absolute Gasteiger partial charge is 0.241 e. The number of benzene rings is 2. The second-order valence-corrected chi connectivity index (χ2v) is 11.6. The lowest BCUT2D eigenvalue weighted by Crippen LogP contribution is -2.59. The molecule has 212 valence electrons. The summed E-state index contributed by atoms with van der Waals surface area (Å²) < 4.78 is 2.07. The second kappa shape index (κ2) is 12.6. The van der Waals surface area contributed by atoms with Crippen molar-refractivity contribution < 1.29 is 4.79 Å². The molecule has 0 N–H and O–H groups in total. The van der Waals surface area contributed by atoms with Crippen molar-refractivity contribution in [3.05, 3.63) is 119 Å². The Hall–Kier alpha value is -3.52. The summed E-state index contributed by atoms with van der Waals surface area (Å²) in [5.41, 5.74) is 5.90. The number of hydrogen-bond acceptors (Lipinski definition) is 5. The summed E-state index contributed by atoms with van der Waals surface area (Å²) in [5, 5.41) is 0.749. The zero-order valence-corrected chi connectivity index (χ0v) is 24.3. The minimum Gasteiger partial charge on any atom is -0.337 e. The topological polar surface area (TPSA) is 57.5 Å². The fraction of sp³-hybridized carbons (Fsp3) is 0.364. The molecule has 41 heavy (non-hydrogen) atoms. The first-order chi connectivity index (χ1) is 20.1. The number of piperazine rings is 1. The molecular weight excluding hydrogens is 532 g/mol. The number of amides is 1. The number of hydrogen-bond donors (Lipinski definition) is 0. The molecule has 0 spiro atoms. The minimum atomic E-state index is -0.299. The molecule has 1 aliphatic heterocycles. The van der Waals surface area contributed by atoms with E-state index < -0.39 is 0 Å². The minimum absolute atomic E-state index is 0.104. The number of aryl methyl sites for hydroxylation is 3. The van der Waals surface area contributed by atoms with E-state index in [0.717, 1.165) is 55.2 Å². The highest BCUT2D eigenvalue weighted by Crippen LogP contribution is 2.38. The lowest BCUT2D eigenvalue weighted by molar-refractivity contribution is -0.141. The Labute approximate surface area is 247 Å². The summed E-state index contributed by atoms with van der Waals surface area (Å²) in [6.07, 6.45) is 10.2. The lowest BCUT2D eigenvalue weighted by Gasteiger charge is -2.45. The molecule has 7 nitrogen and oxygen atoms in total. The maximum atomic E-state index is 14.7. The average molecular weight is 569 g/mol. The number of likely N-dealkylation sites (N-methyl/N-ethyl adjacent to an activating group) is 1. The number of fused-ring (bicyclic) bond motifs is 2. The normalized spacial score (nSPS) is 19.3. The van der Waals surface area contributed by atoms with E-state index in [0.29, 0.717) is 19.6 Å². The average Bonchev–Trinajstić information content (AvgIpc) is 3.46. The highest BCUT2D eigenvalue weighted by Gasteiger charge is 2.41. The van der Waals surface area contributed by atoms with Crippen LogP contribution < -0.4 is 0 Å². The Morgan fingerprint density at radius 1 is 1.02 bits per heavy atom. The first-order valence-electron chi connectivity index (χ1n) is 14.5. The van der Waals surface area contributed by atoms with E-state index in [1.165, 1.54) is 16.7 Å². The van der Waals surface area contributed by atoms with Crippen LogP contribution in [-0.4, -0.2) is 74.4 Å². The lowest BCUT2D eigenvalue weighted by atomic mass is 9.94. The number of carbonyl (C=O) groups is 1. The van der Waals surface area contributed by atoms with Gasteiger partial charge in [-0.3, -0.25) is 14.7 Å². The maximum absolute atomic E-state index is 14.7. The van der Waals surface area contributed by atoms with Crippen LogP contribution >= 0.6 is 11.6 Å². The van der Waals surface area contributed by atoms with Crippen molar-refractivity contribution in [1.82, 2.24) is 29.2 Å². The van der Waals surface area contributed by atoms with Gasteiger partial charge < -0.3 is 14.4 Å². The van der Waals surface area contributed by atoms with Crippen LogP contribution in [0.15, 0.2) is 85.6 Å². The predicted molar refractivity (Wildman–Crippen MR) is 162 cm³/mol. The van der Waals surface area contributed by atoms with Gasteiger partial charge in [0.1, 0.15) is 6.04 Å². The van der Waals surface area contributed by atoms with E-state index in [2.05, 4.69) is 61.6 Å². The highest BCUT2D eigenvalue weighted by atomic mass is 35.5. The molecule has 1 unspecified atom stereocenters. The van der Waals surface area contributed by atoms with E-state index in [9.17, 15) is 4.79 Å². The Bertz CT molecular complexity index is 1460. The van der Waals surface area contributed by atoms with Gasteiger partial charge in [0.15, 0.2) is 0 Å². The van der Waals surface area contributed by atoms with Gasteiger partial charge in [-0.25, -0.2) is 4.98 Å². The molecule has 1 fully saturated rings. The predicted octanol–water partition coefficient (Wildman–Crippen LogP) is 4.85. The van der Waals surface area contributed by atoms with Crippen LogP contribution in [0.1, 0.15) is 40.4 Å². The summed E-state index contributed by atoms with van der Waals surface area (Å²) in [4.78, 5) is 30.5. The number of nitrogens with zero attached hydrogens (tertiary/aromatic N) is 6. The van der Waals surface area contributed by atoms with Gasteiger partial charge in [-0.05, 0) is 66.8 Å². The fourth-order valence-corrected chi connectivity index (χ4v) is 6.52. The first kappa shape index (κ1) is 27.6. The molecule has 3 heterocycles. The second-order valence-electron chi connectivity index (χ2n) is 11.2. The standard InChI is InChI=1S/C33H37ClN6O/c1-37-19-20-40(32-29-13-12-28(34)21-27(29)11-10-26-9-5-14-36-31(26)32)30(23-37)33(41)39(22-25-7-3-2-4-8-25)17-6-16-38-18-15-35-24-38/h2-5,7-9,12-15,18,21,24,30,32H,6,10-11,16-17,19-20,22-23H2,1H3/t30-,32?/m1/s1. The van der Waals surface area contributed by atoms with Crippen LogP contribution in [-0.2, 0) is 30.7 Å². The van der Waals surface area contributed by atoms with Crippen molar-refractivity contribution in [3.8, 4) is 0 Å². The summed E-state index contributed by atoms with van der Waals surface area (Å²) >= 11 is 6.47. The van der Waals surface area contributed by atoms with E-state index in [1.54, 1.807) is 6.20 Å². The molecule has 2 aliphatic rings. The number of carbonyl (C=O) groups excluding carboxylic acids is 1. The summed E-state index contributed by atoms with van der Waals surface area (Å²) in [6, 6.07) is 20.3. The van der Waals surface area contributed by atoms with E-state index >= 15 is 0 Å². The van der Waals surface area contributed by atoms with Gasteiger partial charge in [0.25, 0.3) is 0 Å². The van der Waals surface area contributed by atoms with E-state index in [4.69, 9.17) is 16.6 Å². The summed E-state index contributed by atoms with van der Waals surface area (Å²) in [6.45, 7) is 4.43. The number of aromatic nitrogens is 3. The van der Waals surface area contributed by atoms with Crippen LogP contribution in [0.2, 0.25) is 5.02 Å². The number of halogens is 1. The van der Waals surface area contributed by atoms with Crippen molar-refractivity contribution in [2.75, 3.05) is 33.2 Å². The quantitative estimate of drug-likeness (QED) is 0.304. The van der Waals surface area contributed by atoms with Gasteiger partial charge in [0, 0.05) is 62.9 Å². The molecule has 2 atom stereocenters. The van der Waals surface area contributed by atoms with Gasteiger partial charge in [-0.15, -0.1) is 0 Å². The molecule has 1 amide bonds. The Kier molecular flexibility index (Phi) is 8.46. The third kappa shape index (κ3) is 6.22.